The third-order valence-corrected chi connectivity index (χ3v) is 5.30. The van der Waals surface area contributed by atoms with Crippen LogP contribution in [0.3, 0.4) is 0 Å². The Morgan fingerprint density at radius 1 is 1.25 bits per heavy atom. The lowest BCUT2D eigenvalue weighted by Gasteiger charge is -2.29. The monoisotopic (exact) mass is 245 g/mol. The first-order valence-corrected chi connectivity index (χ1v) is 8.26. The van der Waals surface area contributed by atoms with Crippen molar-refractivity contribution in [3.05, 3.63) is 0 Å². The Kier molecular flexibility index (Phi) is 7.30. The summed E-state index contributed by atoms with van der Waals surface area (Å²) in [7, 11) is -0.572. The summed E-state index contributed by atoms with van der Waals surface area (Å²) in [6, 6.07) is 0.624. The first-order valence-electron chi connectivity index (χ1n) is 6.88. The van der Waals surface area contributed by atoms with Crippen LogP contribution in [0.5, 0.6) is 0 Å². The van der Waals surface area contributed by atoms with Crippen molar-refractivity contribution in [3.63, 3.8) is 0 Å². The van der Waals surface area contributed by atoms with Crippen molar-refractivity contribution < 1.29 is 4.21 Å². The average molecular weight is 245 g/mol. The van der Waals surface area contributed by atoms with E-state index in [2.05, 4.69) is 19.2 Å². The normalized spacial score (nSPS) is 27.9. The second-order valence-electron chi connectivity index (χ2n) is 4.84. The van der Waals surface area contributed by atoms with Gasteiger partial charge in [0.2, 0.25) is 0 Å². The standard InChI is InChI=1S/C13H27NOS/c1-3-5-6-10-16(15)13-9-7-8-12(11-13)14-4-2/h12-14H,3-11H2,1-2H3. The van der Waals surface area contributed by atoms with Crippen LogP contribution in [0.25, 0.3) is 0 Å². The third kappa shape index (κ3) is 4.96. The fraction of sp³-hybridized carbons (Fsp3) is 1.00. The smallest absolute Gasteiger partial charge is 0.0362 e. The average Bonchev–Trinajstić information content (AvgIpc) is 2.30. The molecule has 1 aliphatic carbocycles. The molecule has 0 bridgehead atoms. The van der Waals surface area contributed by atoms with Gasteiger partial charge in [-0.05, 0) is 32.2 Å². The molecule has 3 atom stereocenters. The number of nitrogens with one attached hydrogen (secondary N) is 1. The highest BCUT2D eigenvalue weighted by atomic mass is 32.2. The highest BCUT2D eigenvalue weighted by Gasteiger charge is 2.25. The van der Waals surface area contributed by atoms with E-state index in [0.29, 0.717) is 11.3 Å². The van der Waals surface area contributed by atoms with Gasteiger partial charge in [-0.3, -0.25) is 4.21 Å². The van der Waals surface area contributed by atoms with Crippen LogP contribution in [0.15, 0.2) is 0 Å². The SMILES string of the molecule is CCCCCS(=O)C1CCCC(NCC)C1. The van der Waals surface area contributed by atoms with Crippen LogP contribution in [0.4, 0.5) is 0 Å². The molecule has 3 heteroatoms. The van der Waals surface area contributed by atoms with Crippen LogP contribution >= 0.6 is 0 Å². The molecule has 0 aromatic rings. The van der Waals surface area contributed by atoms with Gasteiger partial charge in [0.25, 0.3) is 0 Å². The van der Waals surface area contributed by atoms with E-state index in [1.54, 1.807) is 0 Å². The Bertz CT molecular complexity index is 206. The zero-order valence-corrected chi connectivity index (χ0v) is 11.7. The predicted molar refractivity (Wildman–Crippen MR) is 72.3 cm³/mol. The van der Waals surface area contributed by atoms with Crippen LogP contribution in [-0.4, -0.2) is 27.8 Å². The first-order chi connectivity index (χ1) is 7.77. The quantitative estimate of drug-likeness (QED) is 0.699. The molecule has 0 heterocycles. The molecule has 1 saturated carbocycles. The molecule has 1 N–H and O–H groups in total. The van der Waals surface area contributed by atoms with Gasteiger partial charge in [-0.15, -0.1) is 0 Å². The summed E-state index contributed by atoms with van der Waals surface area (Å²) in [4.78, 5) is 0. The lowest BCUT2D eigenvalue weighted by Crippen LogP contribution is -2.37. The molecule has 1 aliphatic rings. The van der Waals surface area contributed by atoms with Crippen LogP contribution in [-0.2, 0) is 10.8 Å². The third-order valence-electron chi connectivity index (χ3n) is 3.44. The lowest BCUT2D eigenvalue weighted by molar-refractivity contribution is 0.383. The Labute approximate surface area is 103 Å². The summed E-state index contributed by atoms with van der Waals surface area (Å²) < 4.78 is 12.1. The molecule has 0 radical (unpaired) electrons. The van der Waals surface area contributed by atoms with Gasteiger partial charge in [0.05, 0.1) is 0 Å². The van der Waals surface area contributed by atoms with E-state index in [4.69, 9.17) is 0 Å². The van der Waals surface area contributed by atoms with Crippen molar-refractivity contribution in [1.29, 1.82) is 0 Å². The van der Waals surface area contributed by atoms with Gasteiger partial charge in [0.1, 0.15) is 0 Å². The van der Waals surface area contributed by atoms with E-state index >= 15 is 0 Å². The van der Waals surface area contributed by atoms with Gasteiger partial charge in [0, 0.05) is 27.8 Å². The second-order valence-corrected chi connectivity index (χ2v) is 6.67. The second kappa shape index (κ2) is 8.24. The number of hydrogen-bond donors (Lipinski definition) is 1. The van der Waals surface area contributed by atoms with E-state index in [1.165, 1.54) is 32.1 Å². The van der Waals surface area contributed by atoms with E-state index in [1.807, 2.05) is 0 Å². The van der Waals surface area contributed by atoms with E-state index in [9.17, 15) is 4.21 Å². The number of rotatable bonds is 7. The largest absolute Gasteiger partial charge is 0.314 e. The summed E-state index contributed by atoms with van der Waals surface area (Å²) in [5, 5.41) is 3.97. The van der Waals surface area contributed by atoms with Gasteiger partial charge < -0.3 is 5.32 Å². The minimum Gasteiger partial charge on any atom is -0.314 e. The maximum absolute atomic E-state index is 12.1. The predicted octanol–water partition coefficient (Wildman–Crippen LogP) is 2.85. The highest BCUT2D eigenvalue weighted by Crippen LogP contribution is 2.23. The Balaban J connectivity index is 2.26. The van der Waals surface area contributed by atoms with E-state index < -0.39 is 10.8 Å². The van der Waals surface area contributed by atoms with Gasteiger partial charge in [-0.2, -0.15) is 0 Å². The number of unbranched alkanes of at least 4 members (excludes halogenated alkanes) is 2. The Hall–Kier alpha value is 0.110. The van der Waals surface area contributed by atoms with Gasteiger partial charge in [0.15, 0.2) is 0 Å². The molecule has 0 aromatic heterocycles. The van der Waals surface area contributed by atoms with Crippen LogP contribution < -0.4 is 5.32 Å². The molecule has 96 valence electrons. The molecule has 0 aromatic carbocycles. The maximum atomic E-state index is 12.1. The van der Waals surface area contributed by atoms with Crippen LogP contribution in [0.2, 0.25) is 0 Å². The summed E-state index contributed by atoms with van der Waals surface area (Å²) in [5.41, 5.74) is 0. The van der Waals surface area contributed by atoms with E-state index in [-0.39, 0.29) is 0 Å². The van der Waals surface area contributed by atoms with Crippen molar-refractivity contribution in [1.82, 2.24) is 5.32 Å². The summed E-state index contributed by atoms with van der Waals surface area (Å²) in [5.74, 6) is 0.928. The van der Waals surface area contributed by atoms with Gasteiger partial charge in [-0.25, -0.2) is 0 Å². The molecule has 0 spiro atoms. The van der Waals surface area contributed by atoms with Crippen LogP contribution in [0.1, 0.15) is 58.8 Å². The minimum absolute atomic E-state index is 0.467. The molecule has 1 fully saturated rings. The summed E-state index contributed by atoms with van der Waals surface area (Å²) in [6.07, 6.45) is 8.44. The molecular weight excluding hydrogens is 218 g/mol. The summed E-state index contributed by atoms with van der Waals surface area (Å²) in [6.45, 7) is 5.40. The molecule has 1 rings (SSSR count). The number of hydrogen-bond acceptors (Lipinski definition) is 2. The molecule has 3 unspecified atom stereocenters. The first kappa shape index (κ1) is 14.2. The fourth-order valence-electron chi connectivity index (χ4n) is 2.52. The topological polar surface area (TPSA) is 29.1 Å². The van der Waals surface area contributed by atoms with Gasteiger partial charge in [-0.1, -0.05) is 33.1 Å². The van der Waals surface area contributed by atoms with Crippen molar-refractivity contribution in [3.8, 4) is 0 Å². The Morgan fingerprint density at radius 2 is 2.06 bits per heavy atom. The van der Waals surface area contributed by atoms with Crippen molar-refractivity contribution in [2.24, 2.45) is 0 Å². The van der Waals surface area contributed by atoms with E-state index in [0.717, 1.165) is 25.1 Å². The highest BCUT2D eigenvalue weighted by molar-refractivity contribution is 7.85. The zero-order chi connectivity index (χ0) is 11.8. The minimum atomic E-state index is -0.572. The summed E-state index contributed by atoms with van der Waals surface area (Å²) >= 11 is 0. The zero-order valence-electron chi connectivity index (χ0n) is 10.8. The van der Waals surface area contributed by atoms with Gasteiger partial charge >= 0.3 is 0 Å². The van der Waals surface area contributed by atoms with Crippen molar-refractivity contribution in [2.45, 2.75) is 70.1 Å². The molecule has 0 amide bonds. The van der Waals surface area contributed by atoms with Crippen LogP contribution in [0, 0.1) is 0 Å². The lowest BCUT2D eigenvalue weighted by atomic mass is 9.95. The van der Waals surface area contributed by atoms with Crippen molar-refractivity contribution in [2.75, 3.05) is 12.3 Å². The molecule has 0 aliphatic heterocycles. The Morgan fingerprint density at radius 3 is 2.75 bits per heavy atom. The van der Waals surface area contributed by atoms with Crippen molar-refractivity contribution >= 4 is 10.8 Å². The molecular formula is C13H27NOS. The fourth-order valence-corrected chi connectivity index (χ4v) is 4.22. The molecule has 2 nitrogen and oxygen atoms in total. The molecule has 0 saturated heterocycles. The maximum Gasteiger partial charge on any atom is 0.0362 e. The molecule has 16 heavy (non-hydrogen) atoms.